The SMILES string of the molecule is CCc1cc(C(=O)O)nn1-c1ccccc1OC(C)C. The van der Waals surface area contributed by atoms with Gasteiger partial charge in [-0.2, -0.15) is 5.10 Å². The summed E-state index contributed by atoms with van der Waals surface area (Å²) in [5, 5.41) is 13.2. The summed E-state index contributed by atoms with van der Waals surface area (Å²) >= 11 is 0. The molecule has 1 heterocycles. The number of carbonyl (C=O) groups is 1. The lowest BCUT2D eigenvalue weighted by Gasteiger charge is -2.15. The molecule has 1 aromatic carbocycles. The number of nitrogens with zero attached hydrogens (tertiary/aromatic N) is 2. The van der Waals surface area contributed by atoms with Gasteiger partial charge in [0.25, 0.3) is 0 Å². The maximum atomic E-state index is 11.1. The van der Waals surface area contributed by atoms with Gasteiger partial charge in [0.1, 0.15) is 11.4 Å². The van der Waals surface area contributed by atoms with E-state index in [4.69, 9.17) is 9.84 Å². The number of hydrogen-bond donors (Lipinski definition) is 1. The van der Waals surface area contributed by atoms with Gasteiger partial charge >= 0.3 is 5.97 Å². The van der Waals surface area contributed by atoms with Crippen molar-refractivity contribution in [3.63, 3.8) is 0 Å². The zero-order valence-electron chi connectivity index (χ0n) is 11.8. The Kier molecular flexibility index (Phi) is 4.08. The molecule has 0 fully saturated rings. The summed E-state index contributed by atoms with van der Waals surface area (Å²) in [6.45, 7) is 5.86. The summed E-state index contributed by atoms with van der Waals surface area (Å²) in [6.07, 6.45) is 0.728. The Hall–Kier alpha value is -2.30. The van der Waals surface area contributed by atoms with Crippen LogP contribution in [-0.4, -0.2) is 27.0 Å². The standard InChI is InChI=1S/C15H18N2O3/c1-4-11-9-12(15(18)19)16-17(11)13-7-5-6-8-14(13)20-10(2)3/h5-10H,4H2,1-3H3,(H,18,19). The van der Waals surface area contributed by atoms with E-state index in [0.29, 0.717) is 12.2 Å². The second kappa shape index (κ2) is 5.77. The molecule has 1 N–H and O–H groups in total. The fourth-order valence-corrected chi connectivity index (χ4v) is 1.97. The lowest BCUT2D eigenvalue weighted by molar-refractivity contribution is 0.0690. The number of hydrogen-bond acceptors (Lipinski definition) is 3. The molecular formula is C15H18N2O3. The number of carboxylic acids is 1. The van der Waals surface area contributed by atoms with Crippen LogP contribution in [0.3, 0.4) is 0 Å². The number of benzene rings is 1. The highest BCUT2D eigenvalue weighted by Crippen LogP contribution is 2.25. The molecule has 0 amide bonds. The molecule has 0 saturated carbocycles. The van der Waals surface area contributed by atoms with Crippen molar-refractivity contribution in [2.75, 3.05) is 0 Å². The van der Waals surface area contributed by atoms with Crippen molar-refractivity contribution in [2.45, 2.75) is 33.3 Å². The van der Waals surface area contributed by atoms with E-state index in [-0.39, 0.29) is 11.8 Å². The quantitative estimate of drug-likeness (QED) is 0.910. The summed E-state index contributed by atoms with van der Waals surface area (Å²) in [4.78, 5) is 11.1. The molecule has 0 aliphatic heterocycles. The second-order valence-corrected chi connectivity index (χ2v) is 4.73. The highest BCUT2D eigenvalue weighted by Gasteiger charge is 2.16. The van der Waals surface area contributed by atoms with E-state index in [1.807, 2.05) is 45.0 Å². The summed E-state index contributed by atoms with van der Waals surface area (Å²) in [5.41, 5.74) is 1.63. The first kappa shape index (κ1) is 14.1. The van der Waals surface area contributed by atoms with E-state index in [9.17, 15) is 4.79 Å². The van der Waals surface area contributed by atoms with E-state index >= 15 is 0 Å². The molecule has 0 radical (unpaired) electrons. The molecule has 20 heavy (non-hydrogen) atoms. The number of ether oxygens (including phenoxy) is 1. The molecule has 5 nitrogen and oxygen atoms in total. The van der Waals surface area contributed by atoms with Crippen LogP contribution >= 0.6 is 0 Å². The number of rotatable bonds is 5. The predicted molar refractivity (Wildman–Crippen MR) is 75.7 cm³/mol. The van der Waals surface area contributed by atoms with E-state index in [1.54, 1.807) is 10.7 Å². The summed E-state index contributed by atoms with van der Waals surface area (Å²) < 4.78 is 7.40. The zero-order chi connectivity index (χ0) is 14.7. The smallest absolute Gasteiger partial charge is 0.356 e. The largest absolute Gasteiger partial charge is 0.489 e. The zero-order valence-corrected chi connectivity index (χ0v) is 11.8. The van der Waals surface area contributed by atoms with Crippen molar-refractivity contribution in [1.82, 2.24) is 9.78 Å². The maximum absolute atomic E-state index is 11.1. The molecule has 0 aliphatic carbocycles. The highest BCUT2D eigenvalue weighted by atomic mass is 16.5. The van der Waals surface area contributed by atoms with Gasteiger partial charge in [-0.1, -0.05) is 19.1 Å². The van der Waals surface area contributed by atoms with Crippen LogP contribution in [0.5, 0.6) is 5.75 Å². The van der Waals surface area contributed by atoms with Gasteiger partial charge in [0.2, 0.25) is 0 Å². The Morgan fingerprint density at radius 3 is 2.70 bits per heavy atom. The van der Waals surface area contributed by atoms with Crippen molar-refractivity contribution < 1.29 is 14.6 Å². The Balaban J connectivity index is 2.53. The van der Waals surface area contributed by atoms with Crippen LogP contribution in [0.15, 0.2) is 30.3 Å². The Morgan fingerprint density at radius 1 is 1.40 bits per heavy atom. The molecule has 106 valence electrons. The monoisotopic (exact) mass is 274 g/mol. The average molecular weight is 274 g/mol. The molecule has 5 heteroatoms. The maximum Gasteiger partial charge on any atom is 0.356 e. The van der Waals surface area contributed by atoms with Crippen molar-refractivity contribution in [2.24, 2.45) is 0 Å². The van der Waals surface area contributed by atoms with Crippen molar-refractivity contribution in [1.29, 1.82) is 0 Å². The van der Waals surface area contributed by atoms with Gasteiger partial charge in [-0.05, 0) is 38.5 Å². The van der Waals surface area contributed by atoms with E-state index < -0.39 is 5.97 Å². The van der Waals surface area contributed by atoms with Crippen LogP contribution < -0.4 is 4.74 Å². The lowest BCUT2D eigenvalue weighted by atomic mass is 10.2. The third kappa shape index (κ3) is 2.82. The molecule has 0 atom stereocenters. The number of carboxylic acid groups (broad SMARTS) is 1. The van der Waals surface area contributed by atoms with Gasteiger partial charge in [-0.15, -0.1) is 0 Å². The minimum absolute atomic E-state index is 0.0377. The third-order valence-electron chi connectivity index (χ3n) is 2.82. The van der Waals surface area contributed by atoms with Gasteiger partial charge in [-0.3, -0.25) is 0 Å². The first-order valence-corrected chi connectivity index (χ1v) is 6.61. The Labute approximate surface area is 117 Å². The summed E-state index contributed by atoms with van der Waals surface area (Å²) in [6, 6.07) is 9.08. The van der Waals surface area contributed by atoms with Crippen LogP contribution in [0.1, 0.15) is 37.0 Å². The molecule has 0 unspecified atom stereocenters. The third-order valence-corrected chi connectivity index (χ3v) is 2.82. The fraction of sp³-hybridized carbons (Fsp3) is 0.333. The van der Waals surface area contributed by atoms with Crippen molar-refractivity contribution in [3.8, 4) is 11.4 Å². The molecular weight excluding hydrogens is 256 g/mol. The van der Waals surface area contributed by atoms with Gasteiger partial charge < -0.3 is 9.84 Å². The Bertz CT molecular complexity index is 617. The van der Waals surface area contributed by atoms with E-state index in [1.165, 1.54) is 0 Å². The van der Waals surface area contributed by atoms with Crippen LogP contribution in [0.25, 0.3) is 5.69 Å². The average Bonchev–Trinajstić information content (AvgIpc) is 2.83. The molecule has 0 bridgehead atoms. The molecule has 0 saturated heterocycles. The number of para-hydroxylation sites is 2. The van der Waals surface area contributed by atoms with Crippen LogP contribution in [0.4, 0.5) is 0 Å². The Morgan fingerprint density at radius 2 is 2.10 bits per heavy atom. The first-order valence-electron chi connectivity index (χ1n) is 6.61. The van der Waals surface area contributed by atoms with E-state index in [2.05, 4.69) is 5.10 Å². The first-order chi connectivity index (χ1) is 9.52. The molecule has 2 aromatic rings. The lowest BCUT2D eigenvalue weighted by Crippen LogP contribution is -2.10. The predicted octanol–water partition coefficient (Wildman–Crippen LogP) is 2.92. The van der Waals surface area contributed by atoms with Crippen molar-refractivity contribution >= 4 is 5.97 Å². The van der Waals surface area contributed by atoms with Crippen LogP contribution in [0, 0.1) is 0 Å². The molecule has 0 spiro atoms. The summed E-state index contributed by atoms with van der Waals surface area (Å²) in [7, 11) is 0. The van der Waals surface area contributed by atoms with Gasteiger partial charge in [0.05, 0.1) is 6.10 Å². The molecule has 1 aromatic heterocycles. The minimum Gasteiger partial charge on any atom is -0.489 e. The van der Waals surface area contributed by atoms with E-state index in [0.717, 1.165) is 11.4 Å². The van der Waals surface area contributed by atoms with Crippen molar-refractivity contribution in [3.05, 3.63) is 41.7 Å². The highest BCUT2D eigenvalue weighted by molar-refractivity contribution is 5.85. The molecule has 2 rings (SSSR count). The topological polar surface area (TPSA) is 64.3 Å². The van der Waals surface area contributed by atoms with Gasteiger partial charge in [0.15, 0.2) is 5.69 Å². The normalized spacial score (nSPS) is 10.8. The fourth-order valence-electron chi connectivity index (χ4n) is 1.97. The van der Waals surface area contributed by atoms with Crippen LogP contribution in [0.2, 0.25) is 0 Å². The van der Waals surface area contributed by atoms with Gasteiger partial charge in [-0.25, -0.2) is 9.48 Å². The van der Waals surface area contributed by atoms with Gasteiger partial charge in [0, 0.05) is 5.69 Å². The summed E-state index contributed by atoms with van der Waals surface area (Å²) in [5.74, 6) is -0.335. The van der Waals surface area contributed by atoms with Crippen LogP contribution in [-0.2, 0) is 6.42 Å². The minimum atomic E-state index is -1.03. The molecule has 0 aliphatic rings. The number of aromatic carboxylic acids is 1. The number of aromatic nitrogens is 2. The second-order valence-electron chi connectivity index (χ2n) is 4.73. The number of aryl methyl sites for hydroxylation is 1.